The third-order valence-electron chi connectivity index (χ3n) is 3.33. The molecular weight excluding hydrogens is 182 g/mol. The summed E-state index contributed by atoms with van der Waals surface area (Å²) in [5.74, 6) is 0.630. The van der Waals surface area contributed by atoms with Gasteiger partial charge in [-0.25, -0.2) is 0 Å². The average Bonchev–Trinajstić information content (AvgIpc) is 2.59. The molecule has 0 saturated carbocycles. The molecule has 0 radical (unpaired) electrons. The fraction of sp³-hybridized carbons (Fsp3) is 0.571. The molecule has 0 saturated heterocycles. The van der Waals surface area contributed by atoms with Crippen molar-refractivity contribution < 1.29 is 0 Å². The number of hydrogen-bond acceptors (Lipinski definition) is 1. The van der Waals surface area contributed by atoms with Crippen LogP contribution in [0.2, 0.25) is 0 Å². The number of anilines is 1. The van der Waals surface area contributed by atoms with Crippen LogP contribution in [0.1, 0.15) is 44.7 Å². The maximum Gasteiger partial charge on any atom is 0.0404 e. The molecule has 0 N–H and O–H groups in total. The van der Waals surface area contributed by atoms with Crippen molar-refractivity contribution in [2.24, 2.45) is 0 Å². The predicted molar refractivity (Wildman–Crippen MR) is 66.7 cm³/mol. The molecule has 1 heterocycles. The van der Waals surface area contributed by atoms with Gasteiger partial charge in [0.2, 0.25) is 0 Å². The van der Waals surface area contributed by atoms with Gasteiger partial charge in [0.05, 0.1) is 0 Å². The second kappa shape index (κ2) is 3.88. The van der Waals surface area contributed by atoms with E-state index >= 15 is 0 Å². The van der Waals surface area contributed by atoms with E-state index in [9.17, 15) is 0 Å². The van der Waals surface area contributed by atoms with Gasteiger partial charge in [-0.15, -0.1) is 0 Å². The third-order valence-corrected chi connectivity index (χ3v) is 3.33. The predicted octanol–water partition coefficient (Wildman–Crippen LogP) is 3.58. The fourth-order valence-electron chi connectivity index (χ4n) is 2.32. The van der Waals surface area contributed by atoms with Crippen LogP contribution in [-0.4, -0.2) is 12.6 Å². The molecule has 0 amide bonds. The van der Waals surface area contributed by atoms with Crippen LogP contribution in [0.15, 0.2) is 18.2 Å². The molecule has 1 aliphatic heterocycles. The molecule has 1 aromatic carbocycles. The van der Waals surface area contributed by atoms with Crippen molar-refractivity contribution in [3.8, 4) is 0 Å². The van der Waals surface area contributed by atoms with Crippen molar-refractivity contribution >= 4 is 5.69 Å². The number of rotatable bonds is 2. The number of benzene rings is 1. The lowest BCUT2D eigenvalue weighted by atomic mass is 10.0. The molecule has 15 heavy (non-hydrogen) atoms. The van der Waals surface area contributed by atoms with E-state index in [2.05, 4.69) is 50.8 Å². The highest BCUT2D eigenvalue weighted by atomic mass is 15.2. The summed E-state index contributed by atoms with van der Waals surface area (Å²) in [7, 11) is 0. The maximum absolute atomic E-state index is 2.52. The van der Waals surface area contributed by atoms with E-state index in [1.54, 1.807) is 0 Å². The summed E-state index contributed by atoms with van der Waals surface area (Å²) in [5.41, 5.74) is 4.45. The lowest BCUT2D eigenvalue weighted by Crippen LogP contribution is -2.28. The smallest absolute Gasteiger partial charge is 0.0404 e. The Morgan fingerprint density at radius 1 is 1.13 bits per heavy atom. The first-order valence-corrected chi connectivity index (χ1v) is 5.99. The SMILES string of the molecule is CC(C)c1ccc2c(c1)N(C(C)C)CC2. The molecule has 82 valence electrons. The van der Waals surface area contributed by atoms with Gasteiger partial charge in [0.25, 0.3) is 0 Å². The van der Waals surface area contributed by atoms with Crippen molar-refractivity contribution in [1.82, 2.24) is 0 Å². The van der Waals surface area contributed by atoms with Crippen LogP contribution in [0.5, 0.6) is 0 Å². The largest absolute Gasteiger partial charge is 0.369 e. The van der Waals surface area contributed by atoms with E-state index in [1.807, 2.05) is 0 Å². The molecule has 2 rings (SSSR count). The Morgan fingerprint density at radius 3 is 2.47 bits per heavy atom. The van der Waals surface area contributed by atoms with E-state index in [4.69, 9.17) is 0 Å². The van der Waals surface area contributed by atoms with E-state index in [0.717, 1.165) is 0 Å². The molecule has 0 bridgehead atoms. The number of nitrogens with zero attached hydrogens (tertiary/aromatic N) is 1. The van der Waals surface area contributed by atoms with E-state index in [0.29, 0.717) is 12.0 Å². The third kappa shape index (κ3) is 1.88. The highest BCUT2D eigenvalue weighted by Gasteiger charge is 2.21. The van der Waals surface area contributed by atoms with Gasteiger partial charge in [-0.3, -0.25) is 0 Å². The summed E-state index contributed by atoms with van der Waals surface area (Å²) in [6.45, 7) is 10.3. The molecule has 0 spiro atoms. The zero-order chi connectivity index (χ0) is 11.0. The minimum atomic E-state index is 0.619. The molecule has 1 heteroatoms. The number of fused-ring (bicyclic) bond motifs is 1. The number of hydrogen-bond donors (Lipinski definition) is 0. The van der Waals surface area contributed by atoms with Gasteiger partial charge in [-0.1, -0.05) is 26.0 Å². The first-order chi connectivity index (χ1) is 7.09. The van der Waals surface area contributed by atoms with Gasteiger partial charge in [-0.05, 0) is 43.4 Å². The Hall–Kier alpha value is -0.980. The van der Waals surface area contributed by atoms with Crippen LogP contribution < -0.4 is 4.90 Å². The lowest BCUT2D eigenvalue weighted by Gasteiger charge is -2.24. The molecule has 1 aromatic rings. The first-order valence-electron chi connectivity index (χ1n) is 5.99. The van der Waals surface area contributed by atoms with Crippen molar-refractivity contribution in [2.75, 3.05) is 11.4 Å². The molecule has 0 aromatic heterocycles. The van der Waals surface area contributed by atoms with Crippen LogP contribution in [0.4, 0.5) is 5.69 Å². The topological polar surface area (TPSA) is 3.24 Å². The van der Waals surface area contributed by atoms with Crippen LogP contribution in [-0.2, 0) is 6.42 Å². The quantitative estimate of drug-likeness (QED) is 0.710. The Labute approximate surface area is 93.1 Å². The Balaban J connectivity index is 2.38. The van der Waals surface area contributed by atoms with Gasteiger partial charge in [0.1, 0.15) is 0 Å². The normalized spacial score (nSPS) is 15.2. The summed E-state index contributed by atoms with van der Waals surface area (Å²) < 4.78 is 0. The fourth-order valence-corrected chi connectivity index (χ4v) is 2.32. The van der Waals surface area contributed by atoms with E-state index in [-0.39, 0.29) is 0 Å². The monoisotopic (exact) mass is 203 g/mol. The Morgan fingerprint density at radius 2 is 1.87 bits per heavy atom. The molecule has 0 atom stereocenters. The average molecular weight is 203 g/mol. The van der Waals surface area contributed by atoms with E-state index < -0.39 is 0 Å². The van der Waals surface area contributed by atoms with Crippen LogP contribution in [0.25, 0.3) is 0 Å². The van der Waals surface area contributed by atoms with Crippen molar-refractivity contribution in [3.63, 3.8) is 0 Å². The van der Waals surface area contributed by atoms with Crippen LogP contribution >= 0.6 is 0 Å². The summed E-state index contributed by atoms with van der Waals surface area (Å²) in [5, 5.41) is 0. The lowest BCUT2D eigenvalue weighted by molar-refractivity contribution is 0.709. The molecule has 1 nitrogen and oxygen atoms in total. The van der Waals surface area contributed by atoms with E-state index in [1.165, 1.54) is 29.8 Å². The maximum atomic E-state index is 2.52. The summed E-state index contributed by atoms with van der Waals surface area (Å²) in [6, 6.07) is 7.60. The second-order valence-electron chi connectivity index (χ2n) is 5.08. The van der Waals surface area contributed by atoms with Crippen molar-refractivity contribution in [3.05, 3.63) is 29.3 Å². The molecule has 0 unspecified atom stereocenters. The molecule has 0 fully saturated rings. The Kier molecular flexibility index (Phi) is 2.72. The van der Waals surface area contributed by atoms with Gasteiger partial charge in [0, 0.05) is 18.3 Å². The second-order valence-corrected chi connectivity index (χ2v) is 5.08. The molecular formula is C14H21N. The minimum absolute atomic E-state index is 0.619. The summed E-state index contributed by atoms with van der Waals surface area (Å²) in [6.07, 6.45) is 1.21. The summed E-state index contributed by atoms with van der Waals surface area (Å²) >= 11 is 0. The van der Waals surface area contributed by atoms with Crippen LogP contribution in [0, 0.1) is 0 Å². The molecule has 1 aliphatic rings. The zero-order valence-electron chi connectivity index (χ0n) is 10.2. The van der Waals surface area contributed by atoms with Crippen LogP contribution in [0.3, 0.4) is 0 Å². The Bertz CT molecular complexity index is 352. The highest BCUT2D eigenvalue weighted by molar-refractivity contribution is 5.60. The van der Waals surface area contributed by atoms with Gasteiger partial charge < -0.3 is 4.90 Å². The highest BCUT2D eigenvalue weighted by Crippen LogP contribution is 2.32. The summed E-state index contributed by atoms with van der Waals surface area (Å²) in [4.78, 5) is 2.52. The van der Waals surface area contributed by atoms with Gasteiger partial charge >= 0.3 is 0 Å². The van der Waals surface area contributed by atoms with Gasteiger partial charge in [-0.2, -0.15) is 0 Å². The minimum Gasteiger partial charge on any atom is -0.369 e. The zero-order valence-corrected chi connectivity index (χ0v) is 10.2. The van der Waals surface area contributed by atoms with Crippen molar-refractivity contribution in [2.45, 2.75) is 46.1 Å². The molecule has 0 aliphatic carbocycles. The van der Waals surface area contributed by atoms with Gasteiger partial charge in [0.15, 0.2) is 0 Å². The standard InChI is InChI=1S/C14H21N/c1-10(2)13-6-5-12-7-8-15(11(3)4)14(12)9-13/h5-6,9-11H,7-8H2,1-4H3. The van der Waals surface area contributed by atoms with Crippen molar-refractivity contribution in [1.29, 1.82) is 0 Å². The first kappa shape index (κ1) is 10.5.